The summed E-state index contributed by atoms with van der Waals surface area (Å²) in [5, 5.41) is 0.727. The van der Waals surface area contributed by atoms with Gasteiger partial charge in [0.2, 0.25) is 0 Å². The van der Waals surface area contributed by atoms with Crippen LogP contribution in [-0.4, -0.2) is 5.25 Å². The zero-order valence-electron chi connectivity index (χ0n) is 4.02. The topological polar surface area (TPSA) is 0 Å². The van der Waals surface area contributed by atoms with Crippen molar-refractivity contribution in [3.63, 3.8) is 0 Å². The third-order valence-corrected chi connectivity index (χ3v) is 2.34. The molecule has 1 rings (SSSR count). The molecular formula is C5H10S. The molecule has 0 saturated heterocycles. The Balaban J connectivity index is 2.20. The summed E-state index contributed by atoms with van der Waals surface area (Å²) < 4.78 is 0. The monoisotopic (exact) mass is 102 g/mol. The predicted octanol–water partition coefficient (Wildman–Crippen LogP) is 1.71. The lowest BCUT2D eigenvalue weighted by atomic mass is 9.87. The molecule has 1 aliphatic carbocycles. The molecule has 0 aliphatic heterocycles. The molecule has 0 aromatic rings. The molecule has 36 valence electrons. The summed E-state index contributed by atoms with van der Waals surface area (Å²) in [4.78, 5) is 0. The minimum atomic E-state index is 0.727. The molecule has 0 spiro atoms. The van der Waals surface area contributed by atoms with Gasteiger partial charge in [0.25, 0.3) is 0 Å². The molecule has 1 aliphatic rings. The number of rotatable bonds is 0. The molecule has 0 bridgehead atoms. The van der Waals surface area contributed by atoms with Gasteiger partial charge in [0.05, 0.1) is 0 Å². The average molecular weight is 102 g/mol. The van der Waals surface area contributed by atoms with E-state index in [9.17, 15) is 0 Å². The molecule has 0 N–H and O–H groups in total. The Labute approximate surface area is 44.3 Å². The summed E-state index contributed by atoms with van der Waals surface area (Å²) >= 11 is 4.28. The van der Waals surface area contributed by atoms with E-state index >= 15 is 0 Å². The SMILES string of the molecule is CC1CCC1S. The molecule has 0 amide bonds. The van der Waals surface area contributed by atoms with Gasteiger partial charge in [0.15, 0.2) is 0 Å². The first-order chi connectivity index (χ1) is 2.80. The second kappa shape index (κ2) is 1.45. The molecule has 0 radical (unpaired) electrons. The van der Waals surface area contributed by atoms with Crippen molar-refractivity contribution in [2.75, 3.05) is 0 Å². The van der Waals surface area contributed by atoms with Gasteiger partial charge < -0.3 is 0 Å². The molecule has 1 saturated carbocycles. The Kier molecular flexibility index (Phi) is 1.09. The van der Waals surface area contributed by atoms with Crippen molar-refractivity contribution in [3.8, 4) is 0 Å². The fraction of sp³-hybridized carbons (Fsp3) is 1.00. The smallest absolute Gasteiger partial charge is 0.00425 e. The van der Waals surface area contributed by atoms with Gasteiger partial charge in [-0.2, -0.15) is 12.6 Å². The minimum Gasteiger partial charge on any atom is -0.176 e. The summed E-state index contributed by atoms with van der Waals surface area (Å²) in [6.45, 7) is 2.25. The average Bonchev–Trinajstić information content (AvgIpc) is 1.61. The molecule has 0 heterocycles. The maximum atomic E-state index is 4.28. The van der Waals surface area contributed by atoms with Gasteiger partial charge in [-0.15, -0.1) is 0 Å². The zero-order chi connectivity index (χ0) is 4.57. The molecule has 1 heteroatoms. The molecule has 6 heavy (non-hydrogen) atoms. The van der Waals surface area contributed by atoms with E-state index < -0.39 is 0 Å². The predicted molar refractivity (Wildman–Crippen MR) is 31.2 cm³/mol. The standard InChI is InChI=1S/C5H10S/c1-4-2-3-5(4)6/h4-6H,2-3H2,1H3. The van der Waals surface area contributed by atoms with Crippen LogP contribution < -0.4 is 0 Å². The van der Waals surface area contributed by atoms with Gasteiger partial charge in [0, 0.05) is 5.25 Å². The molecule has 2 unspecified atom stereocenters. The first-order valence-corrected chi connectivity index (χ1v) is 3.00. The lowest BCUT2D eigenvalue weighted by molar-refractivity contribution is 0.365. The summed E-state index contributed by atoms with van der Waals surface area (Å²) in [7, 11) is 0. The van der Waals surface area contributed by atoms with Crippen LogP contribution in [0.5, 0.6) is 0 Å². The van der Waals surface area contributed by atoms with Crippen LogP contribution >= 0.6 is 12.6 Å². The lowest BCUT2D eigenvalue weighted by Crippen LogP contribution is -2.22. The second-order valence-corrected chi connectivity index (χ2v) is 2.79. The van der Waals surface area contributed by atoms with Crippen LogP contribution in [0.3, 0.4) is 0 Å². The van der Waals surface area contributed by atoms with E-state index in [0.717, 1.165) is 11.2 Å². The van der Waals surface area contributed by atoms with Crippen molar-refractivity contribution in [2.24, 2.45) is 5.92 Å². The highest BCUT2D eigenvalue weighted by molar-refractivity contribution is 7.81. The number of hydrogen-bond acceptors (Lipinski definition) is 1. The van der Waals surface area contributed by atoms with Crippen LogP contribution in [0.2, 0.25) is 0 Å². The maximum Gasteiger partial charge on any atom is 0.00425 e. The fourth-order valence-electron chi connectivity index (χ4n) is 0.649. The van der Waals surface area contributed by atoms with E-state index in [4.69, 9.17) is 0 Å². The van der Waals surface area contributed by atoms with Gasteiger partial charge in [-0.3, -0.25) is 0 Å². The first kappa shape index (κ1) is 4.51. The van der Waals surface area contributed by atoms with Gasteiger partial charge in [0.1, 0.15) is 0 Å². The van der Waals surface area contributed by atoms with E-state index in [0.29, 0.717) is 0 Å². The normalized spacial score (nSPS) is 45.0. The van der Waals surface area contributed by atoms with Gasteiger partial charge >= 0.3 is 0 Å². The lowest BCUT2D eigenvalue weighted by Gasteiger charge is -2.28. The fourth-order valence-corrected chi connectivity index (χ4v) is 0.947. The molecule has 0 nitrogen and oxygen atoms in total. The Morgan fingerprint density at radius 3 is 2.00 bits per heavy atom. The first-order valence-electron chi connectivity index (χ1n) is 2.49. The van der Waals surface area contributed by atoms with Crippen molar-refractivity contribution in [1.82, 2.24) is 0 Å². The highest BCUT2D eigenvalue weighted by Gasteiger charge is 2.21. The quantitative estimate of drug-likeness (QED) is 0.442. The molecule has 0 aromatic carbocycles. The van der Waals surface area contributed by atoms with E-state index in [1.165, 1.54) is 12.8 Å². The molecular weight excluding hydrogens is 92.1 g/mol. The maximum absolute atomic E-state index is 4.28. The highest BCUT2D eigenvalue weighted by atomic mass is 32.1. The summed E-state index contributed by atoms with van der Waals surface area (Å²) in [6, 6.07) is 0. The van der Waals surface area contributed by atoms with Gasteiger partial charge in [-0.25, -0.2) is 0 Å². The van der Waals surface area contributed by atoms with Gasteiger partial charge in [-0.1, -0.05) is 6.92 Å². The Hall–Kier alpha value is 0.350. The Morgan fingerprint density at radius 2 is 2.00 bits per heavy atom. The Morgan fingerprint density at radius 1 is 1.50 bits per heavy atom. The van der Waals surface area contributed by atoms with Crippen molar-refractivity contribution >= 4 is 12.6 Å². The summed E-state index contributed by atoms with van der Waals surface area (Å²) in [5.74, 6) is 0.897. The van der Waals surface area contributed by atoms with Crippen LogP contribution in [0.15, 0.2) is 0 Å². The van der Waals surface area contributed by atoms with Crippen LogP contribution in [0.4, 0.5) is 0 Å². The summed E-state index contributed by atoms with van der Waals surface area (Å²) in [5.41, 5.74) is 0. The Bertz CT molecular complexity index is 43.9. The third kappa shape index (κ3) is 0.558. The number of thiol groups is 1. The van der Waals surface area contributed by atoms with Gasteiger partial charge in [-0.05, 0) is 18.8 Å². The van der Waals surface area contributed by atoms with Crippen molar-refractivity contribution < 1.29 is 0 Å². The van der Waals surface area contributed by atoms with Crippen molar-refractivity contribution in [1.29, 1.82) is 0 Å². The summed E-state index contributed by atoms with van der Waals surface area (Å²) in [6.07, 6.45) is 2.73. The zero-order valence-corrected chi connectivity index (χ0v) is 4.91. The number of hydrogen-bond donors (Lipinski definition) is 1. The van der Waals surface area contributed by atoms with E-state index in [2.05, 4.69) is 19.6 Å². The third-order valence-electron chi connectivity index (χ3n) is 1.57. The molecule has 2 atom stereocenters. The second-order valence-electron chi connectivity index (χ2n) is 2.12. The van der Waals surface area contributed by atoms with E-state index in [-0.39, 0.29) is 0 Å². The largest absolute Gasteiger partial charge is 0.176 e. The molecule has 0 aromatic heterocycles. The van der Waals surface area contributed by atoms with Crippen LogP contribution in [0, 0.1) is 5.92 Å². The van der Waals surface area contributed by atoms with Crippen molar-refractivity contribution in [2.45, 2.75) is 25.0 Å². The van der Waals surface area contributed by atoms with Crippen LogP contribution in [0.25, 0.3) is 0 Å². The van der Waals surface area contributed by atoms with E-state index in [1.54, 1.807) is 0 Å². The van der Waals surface area contributed by atoms with Crippen molar-refractivity contribution in [3.05, 3.63) is 0 Å². The molecule has 1 fully saturated rings. The van der Waals surface area contributed by atoms with Crippen LogP contribution in [0.1, 0.15) is 19.8 Å². The minimum absolute atomic E-state index is 0.727. The van der Waals surface area contributed by atoms with E-state index in [1.807, 2.05) is 0 Å². The highest BCUT2D eigenvalue weighted by Crippen LogP contribution is 2.30. The van der Waals surface area contributed by atoms with Crippen LogP contribution in [-0.2, 0) is 0 Å².